The molecule has 1 aliphatic rings. The number of methoxy groups -OCH3 is 1. The van der Waals surface area contributed by atoms with Gasteiger partial charge in [-0.15, -0.1) is 0 Å². The van der Waals surface area contributed by atoms with Crippen LogP contribution >= 0.6 is 0 Å². The first kappa shape index (κ1) is 19.2. The van der Waals surface area contributed by atoms with Crippen molar-refractivity contribution in [1.82, 2.24) is 4.98 Å². The second kappa shape index (κ2) is 8.46. The molecular formula is C25H19N3O2. The van der Waals surface area contributed by atoms with Gasteiger partial charge in [0.05, 0.1) is 24.9 Å². The van der Waals surface area contributed by atoms with E-state index < -0.39 is 6.04 Å². The fraction of sp³-hybridized carbons (Fsp3) is 0.0800. The number of aldehydes is 1. The predicted octanol–water partition coefficient (Wildman–Crippen LogP) is 4.47. The Labute approximate surface area is 175 Å². The molecule has 1 unspecified atom stereocenters. The first-order valence-corrected chi connectivity index (χ1v) is 9.46. The van der Waals surface area contributed by atoms with Crippen molar-refractivity contribution in [1.29, 1.82) is 5.26 Å². The number of carbonyl (C=O) groups is 1. The van der Waals surface area contributed by atoms with Gasteiger partial charge in [-0.1, -0.05) is 36.4 Å². The number of aromatic nitrogens is 1. The van der Waals surface area contributed by atoms with E-state index in [2.05, 4.69) is 11.1 Å². The Hall–Kier alpha value is -4.17. The molecule has 0 bridgehead atoms. The minimum absolute atomic E-state index is 0.522. The lowest BCUT2D eigenvalue weighted by molar-refractivity contribution is -0.107. The number of hydrogen-bond donors (Lipinski definition) is 0. The Morgan fingerprint density at radius 3 is 2.60 bits per heavy atom. The van der Waals surface area contributed by atoms with Gasteiger partial charge in [-0.2, -0.15) is 5.26 Å². The van der Waals surface area contributed by atoms with Crippen molar-refractivity contribution >= 4 is 23.1 Å². The van der Waals surface area contributed by atoms with Crippen molar-refractivity contribution in [3.8, 4) is 11.8 Å². The second-order valence-corrected chi connectivity index (χ2v) is 6.78. The summed E-state index contributed by atoms with van der Waals surface area (Å²) in [7, 11) is 1.60. The zero-order valence-electron chi connectivity index (χ0n) is 16.4. The first-order chi connectivity index (χ1) is 14.7. The average Bonchev–Trinajstić information content (AvgIpc) is 2.83. The van der Waals surface area contributed by atoms with Gasteiger partial charge in [-0.25, -0.2) is 0 Å². The van der Waals surface area contributed by atoms with Crippen LogP contribution in [0.4, 0.5) is 5.69 Å². The molecule has 0 amide bonds. The molecule has 0 N–H and O–H groups in total. The zero-order valence-corrected chi connectivity index (χ0v) is 16.4. The van der Waals surface area contributed by atoms with Gasteiger partial charge in [0.25, 0.3) is 0 Å². The Morgan fingerprint density at radius 2 is 1.87 bits per heavy atom. The molecule has 0 saturated heterocycles. The number of nitrogens with zero attached hydrogens (tertiary/aromatic N) is 3. The summed E-state index contributed by atoms with van der Waals surface area (Å²) in [5.74, 6) is 0.643. The van der Waals surface area contributed by atoms with Gasteiger partial charge < -0.3 is 14.4 Å². The van der Waals surface area contributed by atoms with Crippen molar-refractivity contribution in [2.75, 3.05) is 12.0 Å². The van der Waals surface area contributed by atoms with E-state index in [0.717, 1.165) is 34.2 Å². The molecule has 30 heavy (non-hydrogen) atoms. The molecule has 0 fully saturated rings. The van der Waals surface area contributed by atoms with Crippen LogP contribution in [-0.4, -0.2) is 24.4 Å². The molecule has 5 nitrogen and oxygen atoms in total. The van der Waals surface area contributed by atoms with Crippen LogP contribution in [0.5, 0.6) is 5.75 Å². The highest BCUT2D eigenvalue weighted by Gasteiger charge is 2.28. The van der Waals surface area contributed by atoms with E-state index in [9.17, 15) is 10.1 Å². The molecular weight excluding hydrogens is 374 g/mol. The lowest BCUT2D eigenvalue weighted by atomic mass is 9.88. The number of ether oxygens (including phenoxy) is 1. The summed E-state index contributed by atoms with van der Waals surface area (Å²) >= 11 is 0. The van der Waals surface area contributed by atoms with Crippen molar-refractivity contribution < 1.29 is 9.53 Å². The summed E-state index contributed by atoms with van der Waals surface area (Å²) in [5, 5.41) is 9.62. The van der Waals surface area contributed by atoms with Crippen molar-refractivity contribution in [3.05, 3.63) is 102 Å². The van der Waals surface area contributed by atoms with Crippen molar-refractivity contribution in [2.24, 2.45) is 0 Å². The maximum atomic E-state index is 12.2. The quantitative estimate of drug-likeness (QED) is 0.598. The molecule has 1 aromatic heterocycles. The summed E-state index contributed by atoms with van der Waals surface area (Å²) < 4.78 is 5.32. The molecule has 1 atom stereocenters. The van der Waals surface area contributed by atoms with Crippen LogP contribution in [0.2, 0.25) is 0 Å². The van der Waals surface area contributed by atoms with Crippen LogP contribution < -0.4 is 9.64 Å². The van der Waals surface area contributed by atoms with E-state index in [4.69, 9.17) is 4.74 Å². The zero-order chi connectivity index (χ0) is 20.9. The highest BCUT2D eigenvalue weighted by atomic mass is 16.5. The number of rotatable bonds is 5. The van der Waals surface area contributed by atoms with E-state index in [1.54, 1.807) is 25.6 Å². The lowest BCUT2D eigenvalue weighted by Gasteiger charge is -2.33. The molecule has 4 rings (SSSR count). The lowest BCUT2D eigenvalue weighted by Crippen LogP contribution is -2.35. The molecule has 0 saturated carbocycles. The van der Waals surface area contributed by atoms with Gasteiger partial charge in [-0.05, 0) is 47.1 Å². The molecule has 2 heterocycles. The minimum atomic E-state index is -0.566. The summed E-state index contributed by atoms with van der Waals surface area (Å²) in [6, 6.07) is 20.6. The Morgan fingerprint density at radius 1 is 1.10 bits per heavy atom. The number of anilines is 1. The largest absolute Gasteiger partial charge is 0.495 e. The van der Waals surface area contributed by atoms with Gasteiger partial charge in [0.1, 0.15) is 18.1 Å². The number of pyridine rings is 1. The van der Waals surface area contributed by atoms with Crippen LogP contribution in [0.1, 0.15) is 16.7 Å². The van der Waals surface area contributed by atoms with Gasteiger partial charge in [0, 0.05) is 23.6 Å². The van der Waals surface area contributed by atoms with Crippen LogP contribution in [0.25, 0.3) is 11.1 Å². The van der Waals surface area contributed by atoms with Gasteiger partial charge in [0.2, 0.25) is 0 Å². The van der Waals surface area contributed by atoms with Crippen LogP contribution in [0, 0.1) is 11.3 Å². The standard InChI is InChI=1S/C25H19N3O2/c1-30-22-11-19(14-27-15-22)20-12-24(23-10-6-5-7-18(23)13-26)25(17-29)28(16-20)21-8-3-2-4-9-21/h2-12,14-17,25H,1H3. The van der Waals surface area contributed by atoms with E-state index in [0.29, 0.717) is 11.3 Å². The Bertz CT molecular complexity index is 1180. The van der Waals surface area contributed by atoms with E-state index in [1.165, 1.54) is 0 Å². The maximum absolute atomic E-state index is 12.2. The molecule has 0 aliphatic carbocycles. The third-order valence-corrected chi connectivity index (χ3v) is 5.03. The molecule has 3 aromatic rings. The van der Waals surface area contributed by atoms with Crippen molar-refractivity contribution in [2.45, 2.75) is 6.04 Å². The van der Waals surface area contributed by atoms with Gasteiger partial charge >= 0.3 is 0 Å². The van der Waals surface area contributed by atoms with E-state index in [1.807, 2.05) is 71.8 Å². The fourth-order valence-corrected chi connectivity index (χ4v) is 3.56. The molecule has 0 radical (unpaired) electrons. The summed E-state index contributed by atoms with van der Waals surface area (Å²) in [5.41, 5.74) is 4.61. The SMILES string of the molecule is COc1cncc(C2=CN(c3ccccc3)C(C=O)C(c3ccccc3C#N)=C2)c1. The summed E-state index contributed by atoms with van der Waals surface area (Å²) in [6.45, 7) is 0. The minimum Gasteiger partial charge on any atom is -0.495 e. The monoisotopic (exact) mass is 393 g/mol. The third-order valence-electron chi connectivity index (χ3n) is 5.03. The number of para-hydroxylation sites is 1. The van der Waals surface area contributed by atoms with Crippen molar-refractivity contribution in [3.63, 3.8) is 0 Å². The molecule has 2 aromatic carbocycles. The van der Waals surface area contributed by atoms with Crippen LogP contribution in [0.15, 0.2) is 85.3 Å². The van der Waals surface area contributed by atoms with Crippen LogP contribution in [0.3, 0.4) is 0 Å². The summed E-state index contributed by atoms with van der Waals surface area (Å²) in [4.78, 5) is 18.4. The number of hydrogen-bond acceptors (Lipinski definition) is 5. The number of benzene rings is 2. The predicted molar refractivity (Wildman–Crippen MR) is 117 cm³/mol. The maximum Gasteiger partial charge on any atom is 0.147 e. The number of nitriles is 1. The van der Waals surface area contributed by atoms with E-state index in [-0.39, 0.29) is 0 Å². The molecule has 5 heteroatoms. The van der Waals surface area contributed by atoms with Crippen LogP contribution in [-0.2, 0) is 4.79 Å². The highest BCUT2D eigenvalue weighted by Crippen LogP contribution is 2.36. The Kier molecular flexibility index (Phi) is 5.40. The molecule has 146 valence electrons. The molecule has 1 aliphatic heterocycles. The second-order valence-electron chi connectivity index (χ2n) is 6.78. The van der Waals surface area contributed by atoms with Gasteiger partial charge in [0.15, 0.2) is 0 Å². The third kappa shape index (κ3) is 3.59. The highest BCUT2D eigenvalue weighted by molar-refractivity contribution is 5.99. The molecule has 0 spiro atoms. The first-order valence-electron chi connectivity index (χ1n) is 9.46. The fourth-order valence-electron chi connectivity index (χ4n) is 3.56. The Balaban J connectivity index is 1.93. The average molecular weight is 393 g/mol. The number of allylic oxidation sites excluding steroid dienone is 2. The van der Waals surface area contributed by atoms with Gasteiger partial charge in [-0.3, -0.25) is 4.98 Å². The smallest absolute Gasteiger partial charge is 0.147 e. The topological polar surface area (TPSA) is 66.2 Å². The summed E-state index contributed by atoms with van der Waals surface area (Å²) in [6.07, 6.45) is 8.19. The van der Waals surface area contributed by atoms with E-state index >= 15 is 0 Å². The number of carbonyl (C=O) groups excluding carboxylic acids is 1. The normalized spacial score (nSPS) is 15.6.